The van der Waals surface area contributed by atoms with Crippen molar-refractivity contribution in [2.75, 3.05) is 0 Å². The Morgan fingerprint density at radius 3 is 2.26 bits per heavy atom. The number of pyridine rings is 2. The fourth-order valence-corrected chi connectivity index (χ4v) is 2.78. The summed E-state index contributed by atoms with van der Waals surface area (Å²) in [7, 11) is 0. The number of hydrogen-bond donors (Lipinski definition) is 1. The van der Waals surface area contributed by atoms with Crippen LogP contribution in [-0.2, 0) is 0 Å². The summed E-state index contributed by atoms with van der Waals surface area (Å²) in [5.74, 6) is 0. The van der Waals surface area contributed by atoms with E-state index < -0.39 is 0 Å². The van der Waals surface area contributed by atoms with Gasteiger partial charge >= 0.3 is 0 Å². The molecular weight excluding hydrogens is 282 g/mol. The summed E-state index contributed by atoms with van der Waals surface area (Å²) in [6.45, 7) is 1.79. The minimum Gasteiger partial charge on any atom is -0.305 e. The minimum atomic E-state index is 0.568. The summed E-state index contributed by atoms with van der Waals surface area (Å²) in [6.07, 6.45) is 1.80. The Bertz CT molecular complexity index is 1030. The van der Waals surface area contributed by atoms with Gasteiger partial charge in [0.05, 0.1) is 16.7 Å². The molecule has 3 heteroatoms. The molecule has 0 unspecified atom stereocenters. The Morgan fingerprint density at radius 1 is 0.826 bits per heavy atom. The molecule has 0 amide bonds. The predicted octanol–water partition coefficient (Wildman–Crippen LogP) is 4.84. The fourth-order valence-electron chi connectivity index (χ4n) is 2.78. The van der Waals surface area contributed by atoms with Crippen molar-refractivity contribution >= 4 is 27.5 Å². The molecule has 110 valence electrons. The lowest BCUT2D eigenvalue weighted by atomic mass is 10.0. The second-order valence-electron chi connectivity index (χ2n) is 5.61. The van der Waals surface area contributed by atoms with Crippen LogP contribution in [0.3, 0.4) is 0 Å². The average Bonchev–Trinajstić information content (AvgIpc) is 2.61. The summed E-state index contributed by atoms with van der Waals surface area (Å²) in [4.78, 5) is 9.32. The van der Waals surface area contributed by atoms with Crippen molar-refractivity contribution in [1.29, 1.82) is 5.41 Å². The Morgan fingerprint density at radius 2 is 1.52 bits per heavy atom. The Balaban J connectivity index is 1.90. The fraction of sp³-hybridized carbons (Fsp3) is 0.0500. The lowest BCUT2D eigenvalue weighted by molar-refractivity contribution is 1.37. The lowest BCUT2D eigenvalue weighted by Gasteiger charge is -2.06. The minimum absolute atomic E-state index is 0.568. The van der Waals surface area contributed by atoms with E-state index in [4.69, 9.17) is 10.4 Å². The largest absolute Gasteiger partial charge is 0.305 e. The molecule has 0 aliphatic heterocycles. The third kappa shape index (κ3) is 2.36. The molecule has 2 heterocycles. The molecule has 0 radical (unpaired) electrons. The molecule has 0 aliphatic carbocycles. The second-order valence-corrected chi connectivity index (χ2v) is 5.61. The number of hydrogen-bond acceptors (Lipinski definition) is 3. The van der Waals surface area contributed by atoms with E-state index in [1.54, 1.807) is 13.1 Å². The maximum absolute atomic E-state index is 7.68. The van der Waals surface area contributed by atoms with Crippen molar-refractivity contribution in [3.05, 3.63) is 72.4 Å². The highest BCUT2D eigenvalue weighted by atomic mass is 14.7. The quantitative estimate of drug-likeness (QED) is 0.425. The topological polar surface area (TPSA) is 49.6 Å². The van der Waals surface area contributed by atoms with E-state index in [0.717, 1.165) is 38.6 Å². The van der Waals surface area contributed by atoms with Crippen molar-refractivity contribution in [3.63, 3.8) is 0 Å². The number of fused-ring (bicyclic) bond motifs is 3. The van der Waals surface area contributed by atoms with E-state index in [1.165, 1.54) is 0 Å². The first-order chi connectivity index (χ1) is 11.2. The van der Waals surface area contributed by atoms with Crippen molar-refractivity contribution in [2.45, 2.75) is 6.92 Å². The summed E-state index contributed by atoms with van der Waals surface area (Å²) in [5, 5.41) is 9.87. The molecule has 4 rings (SSSR count). The van der Waals surface area contributed by atoms with Gasteiger partial charge in [-0.15, -0.1) is 0 Å². The molecule has 23 heavy (non-hydrogen) atoms. The summed E-state index contributed by atoms with van der Waals surface area (Å²) >= 11 is 0. The normalized spacial score (nSPS) is 11.0. The Labute approximate surface area is 134 Å². The number of nitrogens with zero attached hydrogens (tertiary/aromatic N) is 2. The third-order valence-electron chi connectivity index (χ3n) is 4.05. The van der Waals surface area contributed by atoms with Gasteiger partial charge in [0.25, 0.3) is 0 Å². The van der Waals surface area contributed by atoms with Crippen molar-refractivity contribution < 1.29 is 0 Å². The first kappa shape index (κ1) is 13.6. The molecule has 0 aliphatic rings. The number of nitrogens with one attached hydrogen (secondary N) is 1. The van der Waals surface area contributed by atoms with Gasteiger partial charge in [0.2, 0.25) is 0 Å². The number of benzene rings is 2. The molecule has 2 aromatic carbocycles. The highest BCUT2D eigenvalue weighted by Crippen LogP contribution is 2.26. The van der Waals surface area contributed by atoms with Gasteiger partial charge in [-0.2, -0.15) is 0 Å². The van der Waals surface area contributed by atoms with Gasteiger partial charge in [-0.25, -0.2) is 4.98 Å². The molecule has 1 N–H and O–H groups in total. The van der Waals surface area contributed by atoms with E-state index in [0.29, 0.717) is 5.71 Å². The van der Waals surface area contributed by atoms with Gasteiger partial charge in [-0.1, -0.05) is 48.5 Å². The van der Waals surface area contributed by atoms with Crippen LogP contribution < -0.4 is 0 Å². The monoisotopic (exact) mass is 297 g/mol. The highest BCUT2D eigenvalue weighted by Gasteiger charge is 2.06. The van der Waals surface area contributed by atoms with Crippen LogP contribution >= 0.6 is 0 Å². The van der Waals surface area contributed by atoms with E-state index in [-0.39, 0.29) is 0 Å². The van der Waals surface area contributed by atoms with Gasteiger partial charge in [-0.3, -0.25) is 4.98 Å². The number of aromatic nitrogens is 2. The van der Waals surface area contributed by atoms with Crippen LogP contribution in [0.5, 0.6) is 0 Å². The summed E-state index contributed by atoms with van der Waals surface area (Å²) in [6, 6.07) is 20.2. The van der Waals surface area contributed by atoms with Crippen LogP contribution in [0.4, 0.5) is 0 Å². The SMILES string of the molecule is CC(=N)c1ccc(-c2ccc3ccc4cccnc4c3n2)cc1. The zero-order valence-electron chi connectivity index (χ0n) is 12.7. The van der Waals surface area contributed by atoms with Crippen molar-refractivity contribution in [1.82, 2.24) is 9.97 Å². The van der Waals surface area contributed by atoms with Crippen LogP contribution in [0.25, 0.3) is 33.1 Å². The van der Waals surface area contributed by atoms with E-state index in [1.807, 2.05) is 36.4 Å². The molecule has 0 saturated heterocycles. The Kier molecular flexibility index (Phi) is 3.12. The van der Waals surface area contributed by atoms with Crippen LogP contribution in [0.2, 0.25) is 0 Å². The van der Waals surface area contributed by atoms with Gasteiger partial charge < -0.3 is 5.41 Å². The van der Waals surface area contributed by atoms with Crippen LogP contribution in [0, 0.1) is 5.41 Å². The molecule has 0 bridgehead atoms. The third-order valence-corrected chi connectivity index (χ3v) is 4.05. The molecule has 0 spiro atoms. The smallest absolute Gasteiger partial charge is 0.0972 e. The molecular formula is C20H15N3. The van der Waals surface area contributed by atoms with Crippen LogP contribution in [0.1, 0.15) is 12.5 Å². The van der Waals surface area contributed by atoms with E-state index in [9.17, 15) is 0 Å². The first-order valence-electron chi connectivity index (χ1n) is 7.53. The molecule has 4 aromatic rings. The maximum atomic E-state index is 7.68. The summed E-state index contributed by atoms with van der Waals surface area (Å²) in [5.41, 5.74) is 5.32. The van der Waals surface area contributed by atoms with Crippen molar-refractivity contribution in [3.8, 4) is 11.3 Å². The van der Waals surface area contributed by atoms with Crippen LogP contribution in [0.15, 0.2) is 66.9 Å². The van der Waals surface area contributed by atoms with E-state index in [2.05, 4.69) is 29.2 Å². The van der Waals surface area contributed by atoms with Crippen molar-refractivity contribution in [2.24, 2.45) is 0 Å². The first-order valence-corrected chi connectivity index (χ1v) is 7.53. The van der Waals surface area contributed by atoms with Gasteiger partial charge in [0, 0.05) is 28.2 Å². The molecule has 0 atom stereocenters. The second kappa shape index (κ2) is 5.29. The molecule has 0 fully saturated rings. The molecule has 3 nitrogen and oxygen atoms in total. The zero-order valence-corrected chi connectivity index (χ0v) is 12.7. The Hall–Kier alpha value is -3.07. The van der Waals surface area contributed by atoms with Crippen LogP contribution in [-0.4, -0.2) is 15.7 Å². The zero-order chi connectivity index (χ0) is 15.8. The van der Waals surface area contributed by atoms with Gasteiger partial charge in [0.15, 0.2) is 0 Å². The lowest BCUT2D eigenvalue weighted by Crippen LogP contribution is -1.92. The molecule has 0 saturated carbocycles. The standard InChI is InChI=1S/C20H15N3/c1-13(21)14-4-6-15(7-5-14)18-11-10-17-9-8-16-3-2-12-22-19(16)20(17)23-18/h2-12,21H,1H3. The molecule has 2 aromatic heterocycles. The van der Waals surface area contributed by atoms with Gasteiger partial charge in [-0.05, 0) is 24.6 Å². The van der Waals surface area contributed by atoms with E-state index >= 15 is 0 Å². The average molecular weight is 297 g/mol. The number of rotatable bonds is 2. The predicted molar refractivity (Wildman–Crippen MR) is 95.0 cm³/mol. The van der Waals surface area contributed by atoms with Gasteiger partial charge in [0.1, 0.15) is 0 Å². The maximum Gasteiger partial charge on any atom is 0.0972 e. The highest BCUT2D eigenvalue weighted by molar-refractivity contribution is 6.03. The summed E-state index contributed by atoms with van der Waals surface area (Å²) < 4.78 is 0.